The van der Waals surface area contributed by atoms with Crippen LogP contribution in [0.4, 0.5) is 5.69 Å². The molecule has 2 N–H and O–H groups in total. The van der Waals surface area contributed by atoms with E-state index < -0.39 is 11.9 Å². The second kappa shape index (κ2) is 6.34. The molecule has 0 saturated carbocycles. The van der Waals surface area contributed by atoms with E-state index in [0.29, 0.717) is 0 Å². The van der Waals surface area contributed by atoms with Crippen LogP contribution in [-0.4, -0.2) is 0 Å². The van der Waals surface area contributed by atoms with Crippen molar-refractivity contribution in [2.45, 2.75) is 0 Å². The molecule has 12 heavy (non-hydrogen) atoms. The Morgan fingerprint density at radius 1 is 0.917 bits per heavy atom. The molecule has 0 atom stereocenters. The summed E-state index contributed by atoms with van der Waals surface area (Å²) in [5.74, 6) is 0. The number of hydrogen-bond acceptors (Lipinski definition) is 1. The van der Waals surface area contributed by atoms with E-state index >= 15 is 0 Å². The van der Waals surface area contributed by atoms with Crippen molar-refractivity contribution in [1.29, 1.82) is 0 Å². The average Bonchev–Trinajstić information content (AvgIpc) is 1.85. The summed E-state index contributed by atoms with van der Waals surface area (Å²) in [7, 11) is 20.1. The van der Waals surface area contributed by atoms with Crippen molar-refractivity contribution in [2.75, 3.05) is 5.73 Å². The Balaban J connectivity index is 0.000000217. The van der Waals surface area contributed by atoms with Crippen molar-refractivity contribution in [3.05, 3.63) is 30.3 Å². The van der Waals surface area contributed by atoms with E-state index in [1.807, 2.05) is 30.3 Å². The second-order valence-corrected chi connectivity index (χ2v) is 27.2. The van der Waals surface area contributed by atoms with E-state index in [9.17, 15) is 0 Å². The van der Waals surface area contributed by atoms with Crippen molar-refractivity contribution >= 4 is 43.4 Å². The SMILES string of the molecule is Nc1ccccc1.[Cl][W]([Cl])([Cl])[Cl]. The van der Waals surface area contributed by atoms with Crippen LogP contribution in [0.25, 0.3) is 0 Å². The van der Waals surface area contributed by atoms with Gasteiger partial charge in [0.05, 0.1) is 0 Å². The maximum atomic E-state index is 5.36. The second-order valence-electron chi connectivity index (χ2n) is 1.76. The standard InChI is InChI=1S/C6H7N.4ClH.W/c7-6-4-2-1-3-5-6;;;;;/h1-5H,7H2;4*1H;/q;;;;;+4/p-4. The average molecular weight is 419 g/mol. The summed E-state index contributed by atoms with van der Waals surface area (Å²) in [6.45, 7) is 0. The fourth-order valence-corrected chi connectivity index (χ4v) is 0.453. The Bertz CT molecular complexity index is 205. The Morgan fingerprint density at radius 3 is 1.42 bits per heavy atom. The van der Waals surface area contributed by atoms with Crippen LogP contribution in [0.2, 0.25) is 0 Å². The van der Waals surface area contributed by atoms with E-state index in [4.69, 9.17) is 43.4 Å². The summed E-state index contributed by atoms with van der Waals surface area (Å²) in [6.07, 6.45) is 0. The molecule has 0 amide bonds. The molecular formula is C6H7Cl4NW. The number of nitrogens with two attached hydrogens (primary N) is 1. The first-order valence-electron chi connectivity index (χ1n) is 2.82. The van der Waals surface area contributed by atoms with Gasteiger partial charge in [0.15, 0.2) is 0 Å². The molecule has 70 valence electrons. The van der Waals surface area contributed by atoms with Crippen LogP contribution in [0, 0.1) is 0 Å². The number of nitrogen functional groups attached to an aromatic ring is 1. The summed E-state index contributed by atoms with van der Waals surface area (Å²) in [4.78, 5) is 0. The summed E-state index contributed by atoms with van der Waals surface area (Å²) in [5, 5.41) is 0. The quantitative estimate of drug-likeness (QED) is 0.633. The van der Waals surface area contributed by atoms with Gasteiger partial charge in [-0.05, 0) is 12.1 Å². The zero-order valence-corrected chi connectivity index (χ0v) is 11.8. The molecule has 0 aromatic heterocycles. The van der Waals surface area contributed by atoms with Crippen LogP contribution >= 0.6 is 37.7 Å². The fraction of sp³-hybridized carbons (Fsp3) is 0. The topological polar surface area (TPSA) is 26.0 Å². The molecule has 0 fully saturated rings. The van der Waals surface area contributed by atoms with E-state index in [-0.39, 0.29) is 0 Å². The van der Waals surface area contributed by atoms with Gasteiger partial charge in [0, 0.05) is 5.69 Å². The van der Waals surface area contributed by atoms with Crippen LogP contribution in [0.3, 0.4) is 0 Å². The number of benzene rings is 1. The minimum absolute atomic E-state index is 0.822. The molecule has 0 aliphatic rings. The van der Waals surface area contributed by atoms with Gasteiger partial charge in [-0.2, -0.15) is 0 Å². The van der Waals surface area contributed by atoms with Gasteiger partial charge < -0.3 is 5.73 Å². The maximum absolute atomic E-state index is 5.36. The third-order valence-electron chi connectivity index (χ3n) is 0.800. The molecule has 1 nitrogen and oxygen atoms in total. The molecule has 0 heterocycles. The Kier molecular flexibility index (Phi) is 6.80. The van der Waals surface area contributed by atoms with E-state index in [1.165, 1.54) is 0 Å². The molecule has 0 aliphatic heterocycles. The Morgan fingerprint density at radius 2 is 1.25 bits per heavy atom. The van der Waals surface area contributed by atoms with Gasteiger partial charge in [0.2, 0.25) is 0 Å². The van der Waals surface area contributed by atoms with Gasteiger partial charge in [0.25, 0.3) is 0 Å². The van der Waals surface area contributed by atoms with Crippen molar-refractivity contribution in [3.8, 4) is 0 Å². The molecule has 0 spiro atoms. The molecule has 1 aromatic rings. The van der Waals surface area contributed by atoms with Crippen LogP contribution in [0.15, 0.2) is 30.3 Å². The van der Waals surface area contributed by atoms with Crippen LogP contribution in [0.1, 0.15) is 0 Å². The molecule has 0 radical (unpaired) electrons. The predicted octanol–water partition coefficient (Wildman–Crippen LogP) is 4.02. The zero-order chi connectivity index (χ0) is 9.61. The number of anilines is 1. The summed E-state index contributed by atoms with van der Waals surface area (Å²) in [5.41, 5.74) is 6.18. The normalized spacial score (nSPS) is 11.3. The van der Waals surface area contributed by atoms with Crippen molar-refractivity contribution in [2.24, 2.45) is 0 Å². The molecule has 6 heteroatoms. The van der Waals surface area contributed by atoms with Gasteiger partial charge >= 0.3 is 49.6 Å². The number of para-hydroxylation sites is 1. The van der Waals surface area contributed by atoms with E-state index in [1.54, 1.807) is 0 Å². The van der Waals surface area contributed by atoms with Gasteiger partial charge in [-0.25, -0.2) is 0 Å². The van der Waals surface area contributed by atoms with Gasteiger partial charge in [0.1, 0.15) is 0 Å². The molecule has 1 aromatic carbocycles. The zero-order valence-electron chi connectivity index (χ0n) is 5.88. The Labute approximate surface area is 90.6 Å². The predicted molar refractivity (Wildman–Crippen MR) is 54.3 cm³/mol. The first-order valence-corrected chi connectivity index (χ1v) is 17.4. The molecule has 0 bridgehead atoms. The van der Waals surface area contributed by atoms with Crippen LogP contribution in [-0.2, 0) is 11.9 Å². The monoisotopic (exact) mass is 417 g/mol. The summed E-state index contributed by atoms with van der Waals surface area (Å²) >= 11 is -3.28. The molecular weight excluding hydrogens is 412 g/mol. The molecule has 0 saturated heterocycles. The van der Waals surface area contributed by atoms with Gasteiger partial charge in [-0.15, -0.1) is 0 Å². The van der Waals surface area contributed by atoms with Gasteiger partial charge in [-0.1, -0.05) is 18.2 Å². The third kappa shape index (κ3) is 13.5. The number of rotatable bonds is 0. The van der Waals surface area contributed by atoms with Crippen molar-refractivity contribution < 1.29 is 11.9 Å². The molecule has 0 unspecified atom stereocenters. The first-order chi connectivity index (χ1) is 5.39. The van der Waals surface area contributed by atoms with Crippen molar-refractivity contribution in [3.63, 3.8) is 0 Å². The van der Waals surface area contributed by atoms with Crippen molar-refractivity contribution in [1.82, 2.24) is 0 Å². The van der Waals surface area contributed by atoms with E-state index in [2.05, 4.69) is 0 Å². The van der Waals surface area contributed by atoms with E-state index in [0.717, 1.165) is 5.69 Å². The summed E-state index contributed by atoms with van der Waals surface area (Å²) < 4.78 is 0. The number of hydrogen-bond donors (Lipinski definition) is 1. The third-order valence-corrected chi connectivity index (χ3v) is 0.800. The summed E-state index contributed by atoms with van der Waals surface area (Å²) in [6, 6.07) is 9.49. The fourth-order valence-electron chi connectivity index (χ4n) is 0.453. The molecule has 0 aliphatic carbocycles. The Hall–Kier alpha value is 0.868. The minimum atomic E-state index is -3.28. The number of halogens is 4. The van der Waals surface area contributed by atoms with Crippen LogP contribution < -0.4 is 5.73 Å². The first kappa shape index (κ1) is 12.9. The molecule has 1 rings (SSSR count). The van der Waals surface area contributed by atoms with Gasteiger partial charge in [-0.3, -0.25) is 0 Å². The van der Waals surface area contributed by atoms with Crippen LogP contribution in [0.5, 0.6) is 0 Å².